The molecule has 168 valence electrons. The Kier molecular flexibility index (Phi) is 5.96. The molecule has 0 spiro atoms. The molecular weight excluding hydrogens is 438 g/mol. The number of hydrogen-bond donors (Lipinski definition) is 1. The van der Waals surface area contributed by atoms with Crippen molar-refractivity contribution in [2.45, 2.75) is 45.1 Å². The summed E-state index contributed by atoms with van der Waals surface area (Å²) >= 11 is 5.91. The zero-order valence-electron chi connectivity index (χ0n) is 18.3. The number of amides is 1. The van der Waals surface area contributed by atoms with E-state index in [2.05, 4.69) is 20.6 Å². The largest absolute Gasteiger partial charge is 0.348 e. The molecule has 8 heteroatoms. The van der Waals surface area contributed by atoms with Crippen LogP contribution in [0.3, 0.4) is 0 Å². The van der Waals surface area contributed by atoms with Crippen molar-refractivity contribution in [3.8, 4) is 17.1 Å². The number of nitrogens with zero attached hydrogens (tertiary/aromatic N) is 4. The Bertz CT molecular complexity index is 1250. The van der Waals surface area contributed by atoms with E-state index in [1.165, 1.54) is 12.8 Å². The fourth-order valence-electron chi connectivity index (χ4n) is 4.15. The third-order valence-electron chi connectivity index (χ3n) is 6.05. The lowest BCUT2D eigenvalue weighted by Crippen LogP contribution is -2.23. The molecular formula is C25H24ClN5O2. The van der Waals surface area contributed by atoms with Gasteiger partial charge in [-0.15, -0.1) is 0 Å². The van der Waals surface area contributed by atoms with Gasteiger partial charge >= 0.3 is 0 Å². The Balaban J connectivity index is 1.27. The van der Waals surface area contributed by atoms with E-state index < -0.39 is 0 Å². The molecule has 33 heavy (non-hydrogen) atoms. The molecule has 2 aromatic carbocycles. The van der Waals surface area contributed by atoms with Crippen molar-refractivity contribution in [2.75, 3.05) is 0 Å². The number of benzene rings is 2. The molecule has 2 aromatic heterocycles. The molecule has 1 amide bonds. The summed E-state index contributed by atoms with van der Waals surface area (Å²) in [6.45, 7) is 2.24. The van der Waals surface area contributed by atoms with E-state index in [-0.39, 0.29) is 5.91 Å². The van der Waals surface area contributed by atoms with Crippen LogP contribution >= 0.6 is 11.6 Å². The fourth-order valence-corrected chi connectivity index (χ4v) is 4.28. The van der Waals surface area contributed by atoms with Gasteiger partial charge in [0.15, 0.2) is 0 Å². The van der Waals surface area contributed by atoms with Gasteiger partial charge in [-0.25, -0.2) is 4.68 Å². The van der Waals surface area contributed by atoms with E-state index in [0.29, 0.717) is 34.6 Å². The van der Waals surface area contributed by atoms with Gasteiger partial charge in [-0.2, -0.15) is 10.1 Å². The molecule has 1 saturated carbocycles. The van der Waals surface area contributed by atoms with Crippen molar-refractivity contribution < 1.29 is 9.32 Å². The first-order valence-corrected chi connectivity index (χ1v) is 11.5. The predicted molar refractivity (Wildman–Crippen MR) is 125 cm³/mol. The highest BCUT2D eigenvalue weighted by Crippen LogP contribution is 2.34. The van der Waals surface area contributed by atoms with Crippen LogP contribution < -0.4 is 5.32 Å². The fraction of sp³-hybridized carbons (Fsp3) is 0.280. The second-order valence-corrected chi connectivity index (χ2v) is 8.80. The van der Waals surface area contributed by atoms with Crippen molar-refractivity contribution in [1.29, 1.82) is 0 Å². The molecule has 7 nitrogen and oxygen atoms in total. The second kappa shape index (κ2) is 9.19. The average Bonchev–Trinajstić information content (AvgIpc) is 3.59. The highest BCUT2D eigenvalue weighted by Gasteiger charge is 2.23. The van der Waals surface area contributed by atoms with Crippen LogP contribution in [-0.4, -0.2) is 25.8 Å². The van der Waals surface area contributed by atoms with Crippen molar-refractivity contribution in [3.63, 3.8) is 0 Å². The first kappa shape index (κ1) is 21.4. The monoisotopic (exact) mass is 461 g/mol. The van der Waals surface area contributed by atoms with Crippen molar-refractivity contribution in [1.82, 2.24) is 25.2 Å². The van der Waals surface area contributed by atoms with Crippen LogP contribution in [-0.2, 0) is 6.54 Å². The van der Waals surface area contributed by atoms with Gasteiger partial charge in [-0.3, -0.25) is 4.79 Å². The smallest absolute Gasteiger partial charge is 0.255 e. The minimum atomic E-state index is -0.170. The van der Waals surface area contributed by atoms with Crippen LogP contribution in [0.4, 0.5) is 0 Å². The zero-order valence-corrected chi connectivity index (χ0v) is 19.0. The SMILES string of the molecule is Cc1nn(-c2ccc(-c3noc(C4CCCC4)n3)cc2)cc1C(=O)NCc1ccc(Cl)cc1. The van der Waals surface area contributed by atoms with Crippen LogP contribution in [0.5, 0.6) is 0 Å². The van der Waals surface area contributed by atoms with Crippen LogP contribution in [0, 0.1) is 6.92 Å². The zero-order chi connectivity index (χ0) is 22.8. The Labute approximate surface area is 196 Å². The molecule has 0 radical (unpaired) electrons. The summed E-state index contributed by atoms with van der Waals surface area (Å²) in [5.41, 5.74) is 3.90. The minimum absolute atomic E-state index is 0.170. The first-order valence-electron chi connectivity index (χ1n) is 11.1. The Morgan fingerprint density at radius 1 is 1.12 bits per heavy atom. The minimum Gasteiger partial charge on any atom is -0.348 e. The molecule has 0 bridgehead atoms. The summed E-state index contributed by atoms with van der Waals surface area (Å²) in [5.74, 6) is 1.56. The molecule has 0 aliphatic heterocycles. The van der Waals surface area contributed by atoms with E-state index >= 15 is 0 Å². The maximum atomic E-state index is 12.7. The normalized spacial score (nSPS) is 14.0. The molecule has 5 rings (SSSR count). The van der Waals surface area contributed by atoms with Crippen LogP contribution in [0.1, 0.15) is 59.1 Å². The van der Waals surface area contributed by atoms with Crippen LogP contribution in [0.15, 0.2) is 59.3 Å². The molecule has 1 aliphatic rings. The summed E-state index contributed by atoms with van der Waals surface area (Å²) in [6, 6.07) is 15.1. The highest BCUT2D eigenvalue weighted by atomic mass is 35.5. The summed E-state index contributed by atoms with van der Waals surface area (Å²) in [5, 5.41) is 12.3. The summed E-state index contributed by atoms with van der Waals surface area (Å²) in [7, 11) is 0. The molecule has 1 fully saturated rings. The van der Waals surface area contributed by atoms with E-state index in [9.17, 15) is 4.79 Å². The van der Waals surface area contributed by atoms with E-state index in [1.807, 2.05) is 43.3 Å². The summed E-state index contributed by atoms with van der Waals surface area (Å²) < 4.78 is 7.20. The van der Waals surface area contributed by atoms with Gasteiger partial charge < -0.3 is 9.84 Å². The van der Waals surface area contributed by atoms with Gasteiger partial charge in [0.05, 0.1) is 16.9 Å². The molecule has 0 atom stereocenters. The quantitative estimate of drug-likeness (QED) is 0.411. The summed E-state index contributed by atoms with van der Waals surface area (Å²) in [4.78, 5) is 17.3. The molecule has 0 unspecified atom stereocenters. The van der Waals surface area contributed by atoms with Crippen LogP contribution in [0.2, 0.25) is 5.02 Å². The first-order chi connectivity index (χ1) is 16.1. The topological polar surface area (TPSA) is 85.8 Å². The molecule has 1 aliphatic carbocycles. The highest BCUT2D eigenvalue weighted by molar-refractivity contribution is 6.30. The standard InChI is InChI=1S/C25H24ClN5O2/c1-16-22(24(32)27-14-17-6-10-20(26)11-7-17)15-31(29-16)21-12-8-18(9-13-21)23-28-25(33-30-23)19-4-2-3-5-19/h6-13,15,19H,2-5,14H2,1H3,(H,27,32). The summed E-state index contributed by atoms with van der Waals surface area (Å²) in [6.07, 6.45) is 6.43. The van der Waals surface area contributed by atoms with E-state index in [4.69, 9.17) is 16.1 Å². The van der Waals surface area contributed by atoms with Crippen LogP contribution in [0.25, 0.3) is 17.1 Å². The third kappa shape index (κ3) is 4.68. The van der Waals surface area contributed by atoms with Crippen molar-refractivity contribution >= 4 is 17.5 Å². The van der Waals surface area contributed by atoms with E-state index in [0.717, 1.165) is 35.5 Å². The Morgan fingerprint density at radius 2 is 1.85 bits per heavy atom. The maximum Gasteiger partial charge on any atom is 0.255 e. The van der Waals surface area contributed by atoms with E-state index in [1.54, 1.807) is 23.0 Å². The number of rotatable bonds is 6. The van der Waals surface area contributed by atoms with Gasteiger partial charge in [-0.1, -0.05) is 41.7 Å². The number of halogens is 1. The lowest BCUT2D eigenvalue weighted by atomic mass is 10.1. The van der Waals surface area contributed by atoms with Gasteiger partial charge in [0.1, 0.15) is 0 Å². The van der Waals surface area contributed by atoms with Gasteiger partial charge in [-0.05, 0) is 61.7 Å². The predicted octanol–water partition coefficient (Wildman–Crippen LogP) is 5.47. The lowest BCUT2D eigenvalue weighted by Gasteiger charge is -2.04. The number of carbonyl (C=O) groups excluding carboxylic acids is 1. The molecule has 0 saturated heterocycles. The maximum absolute atomic E-state index is 12.7. The number of nitrogens with one attached hydrogen (secondary N) is 1. The van der Waals surface area contributed by atoms with Gasteiger partial charge in [0.25, 0.3) is 5.91 Å². The second-order valence-electron chi connectivity index (χ2n) is 8.37. The molecule has 4 aromatic rings. The lowest BCUT2D eigenvalue weighted by molar-refractivity contribution is 0.0950. The number of aromatic nitrogens is 4. The Morgan fingerprint density at radius 3 is 2.58 bits per heavy atom. The van der Waals surface area contributed by atoms with Gasteiger partial charge in [0, 0.05) is 29.2 Å². The Hall–Kier alpha value is -3.45. The average molecular weight is 462 g/mol. The number of aryl methyl sites for hydroxylation is 1. The third-order valence-corrected chi connectivity index (χ3v) is 6.30. The number of hydrogen-bond acceptors (Lipinski definition) is 5. The molecule has 1 N–H and O–H groups in total. The van der Waals surface area contributed by atoms with Gasteiger partial charge in [0.2, 0.25) is 11.7 Å². The number of carbonyl (C=O) groups is 1. The van der Waals surface area contributed by atoms with Crippen molar-refractivity contribution in [3.05, 3.63) is 82.5 Å². The molecule has 2 heterocycles. The van der Waals surface area contributed by atoms with Crippen molar-refractivity contribution in [2.24, 2.45) is 0 Å².